The lowest BCUT2D eigenvalue weighted by atomic mass is 10.2. The lowest BCUT2D eigenvalue weighted by Crippen LogP contribution is -2.21. The second-order valence-electron chi connectivity index (χ2n) is 9.26. The molecule has 3 rings (SSSR count). The van der Waals surface area contributed by atoms with Gasteiger partial charge in [-0.25, -0.2) is 4.79 Å². The number of nitrogens with one attached hydrogen (secondary N) is 2. The zero-order valence-electron chi connectivity index (χ0n) is 22.3. The summed E-state index contributed by atoms with van der Waals surface area (Å²) >= 11 is 7.50. The average Bonchev–Trinajstić information content (AvgIpc) is 2.93. The van der Waals surface area contributed by atoms with Crippen LogP contribution in [0.5, 0.6) is 0 Å². The molecule has 3 aromatic carbocycles. The first-order chi connectivity index (χ1) is 19.2. The zero-order chi connectivity index (χ0) is 28.9. The summed E-state index contributed by atoms with van der Waals surface area (Å²) in [6, 6.07) is 21.2. The monoisotopic (exact) mass is 582 g/mol. The molecule has 8 nitrogen and oxygen atoms in total. The van der Waals surface area contributed by atoms with Gasteiger partial charge in [0.25, 0.3) is 5.91 Å². The van der Waals surface area contributed by atoms with E-state index in [1.54, 1.807) is 36.0 Å². The van der Waals surface area contributed by atoms with E-state index in [4.69, 9.17) is 21.1 Å². The number of esters is 2. The third kappa shape index (κ3) is 11.1. The van der Waals surface area contributed by atoms with E-state index in [0.717, 1.165) is 9.79 Å². The Morgan fingerprint density at radius 2 is 1.30 bits per heavy atom. The Morgan fingerprint density at radius 1 is 0.750 bits per heavy atom. The molecule has 0 aliphatic carbocycles. The average molecular weight is 583 g/mol. The number of ether oxygens (including phenoxy) is 2. The molecule has 0 aliphatic heterocycles. The van der Waals surface area contributed by atoms with Crippen molar-refractivity contribution in [3.8, 4) is 0 Å². The fourth-order valence-corrected chi connectivity index (χ4v) is 4.23. The quantitative estimate of drug-likeness (QED) is 0.219. The van der Waals surface area contributed by atoms with Gasteiger partial charge in [0.1, 0.15) is 0 Å². The first kappa shape index (κ1) is 30.7. The summed E-state index contributed by atoms with van der Waals surface area (Å²) in [6.07, 6.45) is 0.421. The minimum Gasteiger partial charge on any atom is -0.462 e. The van der Waals surface area contributed by atoms with E-state index >= 15 is 0 Å². The van der Waals surface area contributed by atoms with Crippen LogP contribution in [-0.4, -0.2) is 37.0 Å². The maximum atomic E-state index is 12.2. The van der Waals surface area contributed by atoms with Crippen molar-refractivity contribution in [2.75, 3.05) is 23.8 Å². The highest BCUT2D eigenvalue weighted by Crippen LogP contribution is 2.29. The largest absolute Gasteiger partial charge is 0.462 e. The third-order valence-electron chi connectivity index (χ3n) is 5.29. The highest BCUT2D eigenvalue weighted by atomic mass is 35.5. The molecule has 210 valence electrons. The summed E-state index contributed by atoms with van der Waals surface area (Å²) < 4.78 is 10.2. The smallest absolute Gasteiger partial charge is 0.338 e. The van der Waals surface area contributed by atoms with Crippen molar-refractivity contribution in [2.45, 2.75) is 42.9 Å². The molecule has 40 heavy (non-hydrogen) atoms. The number of halogens is 1. The number of hydrogen-bond donors (Lipinski definition) is 2. The molecule has 0 unspecified atom stereocenters. The molecule has 0 aromatic heterocycles. The second-order valence-corrected chi connectivity index (χ2v) is 10.8. The van der Waals surface area contributed by atoms with Gasteiger partial charge in [-0.15, -0.1) is 0 Å². The van der Waals surface area contributed by atoms with Crippen molar-refractivity contribution in [1.82, 2.24) is 0 Å². The molecule has 0 saturated heterocycles. The van der Waals surface area contributed by atoms with Crippen LogP contribution in [-0.2, 0) is 23.9 Å². The molecule has 10 heteroatoms. The van der Waals surface area contributed by atoms with Gasteiger partial charge in [-0.1, -0.05) is 37.2 Å². The van der Waals surface area contributed by atoms with E-state index < -0.39 is 24.5 Å². The highest BCUT2D eigenvalue weighted by Gasteiger charge is 2.12. The fraction of sp³-hybridized carbons (Fsp3) is 0.267. The Hall–Kier alpha value is -3.82. The predicted octanol–water partition coefficient (Wildman–Crippen LogP) is 6.59. The number of carbonyl (C=O) groups is 4. The molecule has 0 bridgehead atoms. The standard InChI is InChI=1S/C30H31ClN2O6S/c1-20(2)18-39-30(37)21-6-10-23(11-7-21)33-28(35)19-38-29(36)5-3-4-27(34)32-24-12-16-26(17-13-24)40-25-14-8-22(31)9-15-25/h6-17,20H,3-5,18-19H2,1-2H3,(H,32,34)(H,33,35). The van der Waals surface area contributed by atoms with Crippen molar-refractivity contribution in [3.05, 3.63) is 83.4 Å². The van der Waals surface area contributed by atoms with E-state index in [9.17, 15) is 19.2 Å². The van der Waals surface area contributed by atoms with E-state index in [2.05, 4.69) is 10.6 Å². The van der Waals surface area contributed by atoms with Gasteiger partial charge in [-0.05, 0) is 85.1 Å². The Labute approximate surface area is 242 Å². The zero-order valence-corrected chi connectivity index (χ0v) is 23.8. The summed E-state index contributed by atoms with van der Waals surface area (Å²) in [5.74, 6) is -1.51. The van der Waals surface area contributed by atoms with Crippen LogP contribution in [0.2, 0.25) is 5.02 Å². The molecule has 0 radical (unpaired) electrons. The van der Waals surface area contributed by atoms with Crippen molar-refractivity contribution in [2.24, 2.45) is 5.92 Å². The molecule has 0 heterocycles. The summed E-state index contributed by atoms with van der Waals surface area (Å²) in [4.78, 5) is 50.3. The van der Waals surface area contributed by atoms with Crippen LogP contribution in [0.25, 0.3) is 0 Å². The van der Waals surface area contributed by atoms with E-state index in [1.165, 1.54) is 0 Å². The number of rotatable bonds is 13. The summed E-state index contributed by atoms with van der Waals surface area (Å²) in [5.41, 5.74) is 1.49. The highest BCUT2D eigenvalue weighted by molar-refractivity contribution is 7.99. The van der Waals surface area contributed by atoms with Crippen LogP contribution in [0.3, 0.4) is 0 Å². The molecule has 2 amide bonds. The molecule has 0 saturated carbocycles. The normalized spacial score (nSPS) is 10.6. The van der Waals surface area contributed by atoms with E-state index in [-0.39, 0.29) is 31.1 Å². The van der Waals surface area contributed by atoms with Crippen molar-refractivity contribution >= 4 is 58.5 Å². The number of carbonyl (C=O) groups excluding carboxylic acids is 4. The first-order valence-corrected chi connectivity index (χ1v) is 13.9. The maximum absolute atomic E-state index is 12.2. The lowest BCUT2D eigenvalue weighted by molar-refractivity contribution is -0.147. The van der Waals surface area contributed by atoms with Gasteiger partial charge >= 0.3 is 11.9 Å². The Morgan fingerprint density at radius 3 is 1.90 bits per heavy atom. The van der Waals surface area contributed by atoms with Gasteiger partial charge < -0.3 is 20.1 Å². The molecule has 0 fully saturated rings. The van der Waals surface area contributed by atoms with E-state index in [0.29, 0.717) is 28.6 Å². The van der Waals surface area contributed by atoms with Gasteiger partial charge in [0, 0.05) is 39.0 Å². The van der Waals surface area contributed by atoms with Crippen LogP contribution in [0.1, 0.15) is 43.5 Å². The van der Waals surface area contributed by atoms with Gasteiger partial charge in [-0.3, -0.25) is 14.4 Å². The minimum absolute atomic E-state index is 0.00452. The number of amides is 2. The van der Waals surface area contributed by atoms with Gasteiger partial charge in [0.2, 0.25) is 5.91 Å². The Balaban J connectivity index is 1.30. The molecule has 0 atom stereocenters. The van der Waals surface area contributed by atoms with Crippen LogP contribution >= 0.6 is 23.4 Å². The molecule has 2 N–H and O–H groups in total. The van der Waals surface area contributed by atoms with Gasteiger partial charge in [0.05, 0.1) is 12.2 Å². The van der Waals surface area contributed by atoms with E-state index in [1.807, 2.05) is 62.4 Å². The minimum atomic E-state index is -0.574. The number of anilines is 2. The lowest BCUT2D eigenvalue weighted by Gasteiger charge is -2.09. The SMILES string of the molecule is CC(C)COC(=O)c1ccc(NC(=O)COC(=O)CCCC(=O)Nc2ccc(Sc3ccc(Cl)cc3)cc2)cc1. The number of hydrogen-bond acceptors (Lipinski definition) is 7. The summed E-state index contributed by atoms with van der Waals surface area (Å²) in [6.45, 7) is 3.76. The van der Waals surface area contributed by atoms with Gasteiger partial charge in [0.15, 0.2) is 6.61 Å². The van der Waals surface area contributed by atoms with Crippen molar-refractivity contribution < 1.29 is 28.7 Å². The Bertz CT molecular complexity index is 1300. The van der Waals surface area contributed by atoms with Crippen LogP contribution in [0, 0.1) is 5.92 Å². The molecule has 3 aromatic rings. The maximum Gasteiger partial charge on any atom is 0.338 e. The number of benzene rings is 3. The molecular formula is C30H31ClN2O6S. The molecule has 0 spiro atoms. The second kappa shape index (κ2) is 15.7. The third-order valence-corrected chi connectivity index (χ3v) is 6.56. The van der Waals surface area contributed by atoms with Crippen LogP contribution < -0.4 is 10.6 Å². The van der Waals surface area contributed by atoms with Crippen molar-refractivity contribution in [3.63, 3.8) is 0 Å². The first-order valence-electron chi connectivity index (χ1n) is 12.7. The van der Waals surface area contributed by atoms with Gasteiger partial charge in [-0.2, -0.15) is 0 Å². The molecular weight excluding hydrogens is 552 g/mol. The summed E-state index contributed by atoms with van der Waals surface area (Å²) in [7, 11) is 0. The molecule has 0 aliphatic rings. The van der Waals surface area contributed by atoms with Crippen LogP contribution in [0.15, 0.2) is 82.6 Å². The predicted molar refractivity (Wildman–Crippen MR) is 156 cm³/mol. The summed E-state index contributed by atoms with van der Waals surface area (Å²) in [5, 5.41) is 6.08. The van der Waals surface area contributed by atoms with Crippen molar-refractivity contribution in [1.29, 1.82) is 0 Å². The van der Waals surface area contributed by atoms with Crippen LogP contribution in [0.4, 0.5) is 11.4 Å². The fourth-order valence-electron chi connectivity index (χ4n) is 3.29. The Kier molecular flexibility index (Phi) is 12.0. The topological polar surface area (TPSA) is 111 Å².